The molecule has 1 aliphatic heterocycles. The van der Waals surface area contributed by atoms with Gasteiger partial charge in [-0.25, -0.2) is 4.39 Å². The third-order valence-corrected chi connectivity index (χ3v) is 4.12. The lowest BCUT2D eigenvalue weighted by Gasteiger charge is -2.36. The van der Waals surface area contributed by atoms with E-state index in [4.69, 9.17) is 10.2 Å². The van der Waals surface area contributed by atoms with E-state index in [0.717, 1.165) is 24.8 Å². The first-order valence-corrected chi connectivity index (χ1v) is 7.53. The minimum absolute atomic E-state index is 0.0157. The number of halogens is 1. The van der Waals surface area contributed by atoms with Crippen LogP contribution in [-0.2, 0) is 6.54 Å². The van der Waals surface area contributed by atoms with Crippen LogP contribution in [0.25, 0.3) is 0 Å². The molecule has 0 aliphatic carbocycles. The molecule has 2 N–H and O–H groups in total. The maximum absolute atomic E-state index is 13.1. The number of piperidine rings is 1. The van der Waals surface area contributed by atoms with Crippen molar-refractivity contribution in [2.24, 2.45) is 5.73 Å². The topological polar surface area (TPSA) is 59.5 Å². The quantitative estimate of drug-likeness (QED) is 0.947. The summed E-state index contributed by atoms with van der Waals surface area (Å²) < 4.78 is 18.4. The van der Waals surface area contributed by atoms with Crippen LogP contribution in [0.1, 0.15) is 47.0 Å². The molecule has 4 nitrogen and oxygen atoms in total. The molecule has 0 bridgehead atoms. The summed E-state index contributed by atoms with van der Waals surface area (Å²) >= 11 is 0. The molecule has 1 aromatic heterocycles. The van der Waals surface area contributed by atoms with Crippen molar-refractivity contribution in [1.29, 1.82) is 0 Å². The standard InChI is InChI=1S/C17H19FN2O2/c18-14-6-4-12(5-7-14)16-3-1-2-8-20(16)17(21)13-9-15(10-19)22-11-13/h4-7,9,11,16H,1-3,8,10,19H2. The van der Waals surface area contributed by atoms with Crippen molar-refractivity contribution in [3.8, 4) is 0 Å². The number of carbonyl (C=O) groups is 1. The van der Waals surface area contributed by atoms with E-state index in [2.05, 4.69) is 0 Å². The lowest BCUT2D eigenvalue weighted by molar-refractivity contribution is 0.0611. The van der Waals surface area contributed by atoms with Gasteiger partial charge in [0.2, 0.25) is 0 Å². The van der Waals surface area contributed by atoms with E-state index in [1.165, 1.54) is 18.4 Å². The van der Waals surface area contributed by atoms with Gasteiger partial charge in [-0.1, -0.05) is 12.1 Å². The first-order valence-electron chi connectivity index (χ1n) is 7.53. The minimum atomic E-state index is -0.264. The van der Waals surface area contributed by atoms with Crippen molar-refractivity contribution in [3.05, 3.63) is 59.3 Å². The van der Waals surface area contributed by atoms with Gasteiger partial charge in [-0.15, -0.1) is 0 Å². The number of benzene rings is 1. The molecule has 0 radical (unpaired) electrons. The van der Waals surface area contributed by atoms with Gasteiger partial charge in [0.1, 0.15) is 17.8 Å². The van der Waals surface area contributed by atoms with Crippen LogP contribution in [0.4, 0.5) is 4.39 Å². The van der Waals surface area contributed by atoms with Crippen LogP contribution < -0.4 is 5.73 Å². The lowest BCUT2D eigenvalue weighted by Crippen LogP contribution is -2.38. The Labute approximate surface area is 128 Å². The van der Waals surface area contributed by atoms with Gasteiger partial charge in [0.15, 0.2) is 0 Å². The van der Waals surface area contributed by atoms with Crippen LogP contribution in [0.5, 0.6) is 0 Å². The zero-order valence-corrected chi connectivity index (χ0v) is 12.3. The number of nitrogens with zero attached hydrogens (tertiary/aromatic N) is 1. The summed E-state index contributed by atoms with van der Waals surface area (Å²) in [5.41, 5.74) is 7.01. The Kier molecular flexibility index (Phi) is 4.24. The number of carbonyl (C=O) groups excluding carboxylic acids is 1. The summed E-state index contributed by atoms with van der Waals surface area (Å²) in [6, 6.07) is 8.07. The molecule has 0 saturated carbocycles. The molecule has 22 heavy (non-hydrogen) atoms. The Morgan fingerprint density at radius 2 is 2.09 bits per heavy atom. The smallest absolute Gasteiger partial charge is 0.257 e. The van der Waals surface area contributed by atoms with Gasteiger partial charge >= 0.3 is 0 Å². The molecule has 0 spiro atoms. The van der Waals surface area contributed by atoms with Crippen molar-refractivity contribution >= 4 is 5.91 Å². The van der Waals surface area contributed by atoms with E-state index in [1.54, 1.807) is 18.2 Å². The molecule has 1 aliphatic rings. The zero-order valence-electron chi connectivity index (χ0n) is 12.3. The predicted octanol–water partition coefficient (Wildman–Crippen LogP) is 3.24. The molecule has 1 saturated heterocycles. The number of rotatable bonds is 3. The molecule has 2 aromatic rings. The van der Waals surface area contributed by atoms with Gasteiger partial charge in [0.25, 0.3) is 5.91 Å². The highest BCUT2D eigenvalue weighted by Gasteiger charge is 2.29. The van der Waals surface area contributed by atoms with Gasteiger partial charge in [-0.2, -0.15) is 0 Å². The third-order valence-electron chi connectivity index (χ3n) is 4.12. The summed E-state index contributed by atoms with van der Waals surface area (Å²) in [4.78, 5) is 14.6. The van der Waals surface area contributed by atoms with E-state index in [1.807, 2.05) is 4.90 Å². The fraction of sp³-hybridized carbons (Fsp3) is 0.353. The van der Waals surface area contributed by atoms with Crippen LogP contribution in [0.15, 0.2) is 41.0 Å². The van der Waals surface area contributed by atoms with E-state index in [0.29, 0.717) is 17.9 Å². The number of hydrogen-bond acceptors (Lipinski definition) is 3. The maximum Gasteiger partial charge on any atom is 0.257 e. The average molecular weight is 302 g/mol. The SMILES string of the molecule is NCc1cc(C(=O)N2CCCCC2c2ccc(F)cc2)co1. The highest BCUT2D eigenvalue weighted by Crippen LogP contribution is 2.32. The van der Waals surface area contributed by atoms with Crippen molar-refractivity contribution in [2.75, 3.05) is 6.54 Å². The lowest BCUT2D eigenvalue weighted by atomic mass is 9.94. The summed E-state index contributed by atoms with van der Waals surface area (Å²) in [5.74, 6) is 0.274. The van der Waals surface area contributed by atoms with Gasteiger partial charge in [-0.3, -0.25) is 4.79 Å². The van der Waals surface area contributed by atoms with Crippen LogP contribution in [0, 0.1) is 5.82 Å². The summed E-state index contributed by atoms with van der Waals surface area (Å²) in [7, 11) is 0. The minimum Gasteiger partial charge on any atom is -0.467 e. The van der Waals surface area contributed by atoms with E-state index >= 15 is 0 Å². The monoisotopic (exact) mass is 302 g/mol. The Hall–Kier alpha value is -2.14. The molecule has 116 valence electrons. The second-order valence-electron chi connectivity index (χ2n) is 5.57. The van der Waals surface area contributed by atoms with Crippen LogP contribution in [0.3, 0.4) is 0 Å². The van der Waals surface area contributed by atoms with E-state index < -0.39 is 0 Å². The van der Waals surface area contributed by atoms with Crippen molar-refractivity contribution in [3.63, 3.8) is 0 Å². The fourth-order valence-corrected chi connectivity index (χ4v) is 2.97. The fourth-order valence-electron chi connectivity index (χ4n) is 2.97. The van der Waals surface area contributed by atoms with Crippen molar-refractivity contribution in [2.45, 2.75) is 31.8 Å². The Morgan fingerprint density at radius 3 is 2.77 bits per heavy atom. The molecule has 1 amide bonds. The second-order valence-corrected chi connectivity index (χ2v) is 5.57. The van der Waals surface area contributed by atoms with Gasteiger partial charge < -0.3 is 15.1 Å². The summed E-state index contributed by atoms with van der Waals surface area (Å²) in [5, 5.41) is 0. The number of likely N-dealkylation sites (tertiary alicyclic amines) is 1. The Bertz CT molecular complexity index is 651. The molecule has 1 aromatic carbocycles. The number of amides is 1. The van der Waals surface area contributed by atoms with Crippen LogP contribution >= 0.6 is 0 Å². The van der Waals surface area contributed by atoms with E-state index in [-0.39, 0.29) is 24.3 Å². The first-order chi connectivity index (χ1) is 10.7. The maximum atomic E-state index is 13.1. The Morgan fingerprint density at radius 1 is 1.32 bits per heavy atom. The highest BCUT2D eigenvalue weighted by molar-refractivity contribution is 5.94. The molecule has 3 rings (SSSR count). The molecule has 2 heterocycles. The van der Waals surface area contributed by atoms with Crippen LogP contribution in [-0.4, -0.2) is 17.4 Å². The largest absolute Gasteiger partial charge is 0.467 e. The van der Waals surface area contributed by atoms with Crippen molar-refractivity contribution < 1.29 is 13.6 Å². The second kappa shape index (κ2) is 6.32. The van der Waals surface area contributed by atoms with Crippen molar-refractivity contribution in [1.82, 2.24) is 4.90 Å². The average Bonchev–Trinajstić information content (AvgIpc) is 3.04. The first kappa shape index (κ1) is 14.8. The molecule has 1 atom stereocenters. The normalized spacial score (nSPS) is 18.5. The van der Waals surface area contributed by atoms with Crippen LogP contribution in [0.2, 0.25) is 0 Å². The zero-order chi connectivity index (χ0) is 15.5. The van der Waals surface area contributed by atoms with Gasteiger partial charge in [-0.05, 0) is 43.0 Å². The summed E-state index contributed by atoms with van der Waals surface area (Å²) in [6.45, 7) is 0.971. The van der Waals surface area contributed by atoms with Gasteiger partial charge in [0.05, 0.1) is 18.2 Å². The Balaban J connectivity index is 1.85. The summed E-state index contributed by atoms with van der Waals surface area (Å²) in [6.07, 6.45) is 4.39. The number of nitrogens with two attached hydrogens (primary N) is 1. The molecule has 1 fully saturated rings. The number of hydrogen-bond donors (Lipinski definition) is 1. The van der Waals surface area contributed by atoms with E-state index in [9.17, 15) is 9.18 Å². The molecule has 1 unspecified atom stereocenters. The molecule has 5 heteroatoms. The predicted molar refractivity (Wildman–Crippen MR) is 80.6 cm³/mol. The molecular weight excluding hydrogens is 283 g/mol. The van der Waals surface area contributed by atoms with Gasteiger partial charge in [0, 0.05) is 6.54 Å². The molecular formula is C17H19FN2O2. The number of furan rings is 1. The highest BCUT2D eigenvalue weighted by atomic mass is 19.1. The third kappa shape index (κ3) is 2.90.